The van der Waals surface area contributed by atoms with Crippen LogP contribution in [-0.4, -0.2) is 73.6 Å². The van der Waals surface area contributed by atoms with Crippen LogP contribution in [0.15, 0.2) is 73.1 Å². The fraction of sp³-hybridized carbons (Fsp3) is 0.394. The Hall–Kier alpha value is -3.68. The molecule has 7 heteroatoms. The molecule has 0 spiro atoms. The first-order valence-corrected chi connectivity index (χ1v) is 14.6. The first kappa shape index (κ1) is 27.9. The van der Waals surface area contributed by atoms with E-state index in [0.717, 1.165) is 67.3 Å². The number of carbonyl (C=O) groups is 1. The summed E-state index contributed by atoms with van der Waals surface area (Å²) in [5.74, 6) is 0.886. The zero-order valence-corrected chi connectivity index (χ0v) is 23.9. The topological polar surface area (TPSA) is 63.7 Å². The summed E-state index contributed by atoms with van der Waals surface area (Å²) in [6.07, 6.45) is 7.94. The Bertz CT molecular complexity index is 1260. The predicted molar refractivity (Wildman–Crippen MR) is 167 cm³/mol. The maximum atomic E-state index is 12.3. The van der Waals surface area contributed by atoms with Crippen LogP contribution in [0.3, 0.4) is 0 Å². The highest BCUT2D eigenvalue weighted by Crippen LogP contribution is 2.25. The molecular formula is C33H42N6O. The Balaban J connectivity index is 1.09. The van der Waals surface area contributed by atoms with Crippen molar-refractivity contribution in [2.24, 2.45) is 0 Å². The van der Waals surface area contributed by atoms with Gasteiger partial charge in [-0.15, -0.1) is 0 Å². The Kier molecular flexibility index (Phi) is 9.47. The summed E-state index contributed by atoms with van der Waals surface area (Å²) in [5, 5.41) is 6.34. The molecule has 1 amide bonds. The molecule has 0 saturated carbocycles. The summed E-state index contributed by atoms with van der Waals surface area (Å²) in [5.41, 5.74) is 6.58. The standard InChI is InChI=1S/C33H42N6O/c1-26(27-7-12-30(13-8-27)36-33(40)6-5-19-38-17-3-4-18-38)24-34-32-16-11-29(25-35-32)28-9-14-31(15-10-28)39-22-20-37(2)21-23-39/h7-16,24-25H,3-6,17-23H2,1-2H3,(H,34,35)(H,36,40)/b26-24+. The Morgan fingerprint density at radius 2 is 1.57 bits per heavy atom. The van der Waals surface area contributed by atoms with Gasteiger partial charge in [-0.3, -0.25) is 4.79 Å². The monoisotopic (exact) mass is 538 g/mol. The number of nitrogens with one attached hydrogen (secondary N) is 2. The number of carbonyl (C=O) groups excluding carboxylic acids is 1. The number of rotatable bonds is 10. The van der Waals surface area contributed by atoms with Crippen molar-refractivity contribution in [3.63, 3.8) is 0 Å². The van der Waals surface area contributed by atoms with Gasteiger partial charge in [0.1, 0.15) is 5.82 Å². The van der Waals surface area contributed by atoms with Crippen molar-refractivity contribution in [2.75, 3.05) is 68.4 Å². The summed E-state index contributed by atoms with van der Waals surface area (Å²) in [6.45, 7) is 9.80. The van der Waals surface area contributed by atoms with Crippen molar-refractivity contribution in [3.8, 4) is 11.1 Å². The van der Waals surface area contributed by atoms with Gasteiger partial charge in [-0.1, -0.05) is 24.3 Å². The molecule has 7 nitrogen and oxygen atoms in total. The molecule has 0 bridgehead atoms. The molecule has 3 aromatic rings. The highest BCUT2D eigenvalue weighted by Gasteiger charge is 2.14. The third-order valence-corrected chi connectivity index (χ3v) is 7.97. The average molecular weight is 539 g/mol. The van der Waals surface area contributed by atoms with Crippen LogP contribution in [0.5, 0.6) is 0 Å². The summed E-state index contributed by atoms with van der Waals surface area (Å²) in [6, 6.07) is 20.9. The molecule has 5 rings (SSSR count). The van der Waals surface area contributed by atoms with Crippen LogP contribution in [0.1, 0.15) is 38.2 Å². The van der Waals surface area contributed by atoms with Gasteiger partial charge in [-0.2, -0.15) is 0 Å². The second-order valence-electron chi connectivity index (χ2n) is 11.0. The lowest BCUT2D eigenvalue weighted by molar-refractivity contribution is -0.116. The van der Waals surface area contributed by atoms with Gasteiger partial charge in [0, 0.05) is 61.9 Å². The highest BCUT2D eigenvalue weighted by molar-refractivity contribution is 5.90. The van der Waals surface area contributed by atoms with Crippen LogP contribution >= 0.6 is 0 Å². The van der Waals surface area contributed by atoms with Crippen molar-refractivity contribution in [1.82, 2.24) is 14.8 Å². The minimum absolute atomic E-state index is 0.0846. The van der Waals surface area contributed by atoms with Crippen LogP contribution in [0, 0.1) is 0 Å². The minimum Gasteiger partial charge on any atom is -0.369 e. The maximum Gasteiger partial charge on any atom is 0.224 e. The lowest BCUT2D eigenvalue weighted by Gasteiger charge is -2.34. The number of aromatic nitrogens is 1. The van der Waals surface area contributed by atoms with Gasteiger partial charge in [-0.25, -0.2) is 4.98 Å². The molecule has 2 aromatic carbocycles. The van der Waals surface area contributed by atoms with Crippen molar-refractivity contribution in [3.05, 3.63) is 78.6 Å². The average Bonchev–Trinajstić information content (AvgIpc) is 3.51. The minimum atomic E-state index is 0.0846. The van der Waals surface area contributed by atoms with Crippen LogP contribution in [0.25, 0.3) is 16.7 Å². The Morgan fingerprint density at radius 3 is 2.25 bits per heavy atom. The molecule has 1 aromatic heterocycles. The zero-order valence-electron chi connectivity index (χ0n) is 23.9. The van der Waals surface area contributed by atoms with Gasteiger partial charge in [0.15, 0.2) is 0 Å². The van der Waals surface area contributed by atoms with E-state index in [9.17, 15) is 4.79 Å². The fourth-order valence-electron chi connectivity index (χ4n) is 5.35. The molecule has 0 unspecified atom stereocenters. The molecule has 0 radical (unpaired) electrons. The van der Waals surface area contributed by atoms with Crippen molar-refractivity contribution < 1.29 is 4.79 Å². The molecule has 40 heavy (non-hydrogen) atoms. The third kappa shape index (κ3) is 7.71. The number of pyridine rings is 1. The second-order valence-corrected chi connectivity index (χ2v) is 11.0. The third-order valence-electron chi connectivity index (χ3n) is 7.97. The van der Waals surface area contributed by atoms with E-state index in [1.165, 1.54) is 37.2 Å². The van der Waals surface area contributed by atoms with Crippen molar-refractivity contribution >= 4 is 28.7 Å². The number of hydrogen-bond donors (Lipinski definition) is 2. The Morgan fingerprint density at radius 1 is 0.875 bits per heavy atom. The maximum absolute atomic E-state index is 12.3. The smallest absolute Gasteiger partial charge is 0.224 e. The van der Waals surface area contributed by atoms with E-state index in [1.807, 2.05) is 42.7 Å². The number of amides is 1. The van der Waals surface area contributed by atoms with Gasteiger partial charge >= 0.3 is 0 Å². The fourth-order valence-corrected chi connectivity index (χ4v) is 5.35. The van der Waals surface area contributed by atoms with Crippen LogP contribution in [0.4, 0.5) is 17.2 Å². The number of nitrogens with zero attached hydrogens (tertiary/aromatic N) is 4. The zero-order chi connectivity index (χ0) is 27.7. The predicted octanol–water partition coefficient (Wildman–Crippen LogP) is 5.79. The molecular weight excluding hydrogens is 496 g/mol. The molecule has 2 aliphatic rings. The molecule has 0 aliphatic carbocycles. The van der Waals surface area contributed by atoms with E-state index in [0.29, 0.717) is 6.42 Å². The number of benzene rings is 2. The van der Waals surface area contributed by atoms with Crippen LogP contribution < -0.4 is 15.5 Å². The molecule has 2 aliphatic heterocycles. The van der Waals surface area contributed by atoms with Gasteiger partial charge in [0.25, 0.3) is 0 Å². The number of likely N-dealkylation sites (tertiary alicyclic amines) is 1. The van der Waals surface area contributed by atoms with E-state index in [1.54, 1.807) is 0 Å². The quantitative estimate of drug-likeness (QED) is 0.341. The molecule has 3 heterocycles. The van der Waals surface area contributed by atoms with E-state index in [4.69, 9.17) is 0 Å². The second kappa shape index (κ2) is 13.6. The number of anilines is 3. The van der Waals surface area contributed by atoms with Gasteiger partial charge in [0.05, 0.1) is 0 Å². The van der Waals surface area contributed by atoms with Crippen molar-refractivity contribution in [2.45, 2.75) is 32.6 Å². The SMILES string of the molecule is C/C(=C\Nc1ccc(-c2ccc(N3CCN(C)CC3)cc2)cn1)c1ccc(NC(=O)CCCN2CCCC2)cc1. The number of likely N-dealkylation sites (N-methyl/N-ethyl adjacent to an activating group) is 1. The van der Waals surface area contributed by atoms with Crippen LogP contribution in [0.2, 0.25) is 0 Å². The summed E-state index contributed by atoms with van der Waals surface area (Å²) < 4.78 is 0. The molecule has 210 valence electrons. The van der Waals surface area contributed by atoms with Crippen molar-refractivity contribution in [1.29, 1.82) is 0 Å². The van der Waals surface area contributed by atoms with E-state index >= 15 is 0 Å². The Labute approximate surface area is 238 Å². The summed E-state index contributed by atoms with van der Waals surface area (Å²) in [4.78, 5) is 24.2. The summed E-state index contributed by atoms with van der Waals surface area (Å²) >= 11 is 0. The first-order valence-electron chi connectivity index (χ1n) is 14.6. The largest absolute Gasteiger partial charge is 0.369 e. The molecule has 0 atom stereocenters. The van der Waals surface area contributed by atoms with Crippen LogP contribution in [-0.2, 0) is 4.79 Å². The lowest BCUT2D eigenvalue weighted by Crippen LogP contribution is -2.44. The highest BCUT2D eigenvalue weighted by atomic mass is 16.1. The normalized spacial score (nSPS) is 16.8. The van der Waals surface area contributed by atoms with Gasteiger partial charge in [0.2, 0.25) is 5.91 Å². The molecule has 2 N–H and O–H groups in total. The van der Waals surface area contributed by atoms with Gasteiger partial charge < -0.3 is 25.3 Å². The number of hydrogen-bond acceptors (Lipinski definition) is 6. The van der Waals surface area contributed by atoms with E-state index < -0.39 is 0 Å². The van der Waals surface area contributed by atoms with E-state index in [2.05, 4.69) is 74.6 Å². The number of piperazine rings is 1. The first-order chi connectivity index (χ1) is 19.5. The van der Waals surface area contributed by atoms with E-state index in [-0.39, 0.29) is 5.91 Å². The summed E-state index contributed by atoms with van der Waals surface area (Å²) in [7, 11) is 2.18. The lowest BCUT2D eigenvalue weighted by atomic mass is 10.1. The molecule has 2 saturated heterocycles. The van der Waals surface area contributed by atoms with Gasteiger partial charge in [-0.05, 0) is 106 Å². The number of allylic oxidation sites excluding steroid dienone is 1. The molecule has 2 fully saturated rings.